The summed E-state index contributed by atoms with van der Waals surface area (Å²) < 4.78 is 0. The van der Waals surface area contributed by atoms with Crippen molar-refractivity contribution in [2.24, 2.45) is 0 Å². The lowest BCUT2D eigenvalue weighted by Crippen LogP contribution is -2.23. The lowest BCUT2D eigenvalue weighted by molar-refractivity contribution is -0.385. The van der Waals surface area contributed by atoms with Crippen LogP contribution in [0.3, 0.4) is 0 Å². The Hall–Kier alpha value is -3.13. The summed E-state index contributed by atoms with van der Waals surface area (Å²) in [4.78, 5) is 32.2. The molecule has 0 atom stereocenters. The molecule has 3 aromatic rings. The van der Waals surface area contributed by atoms with Gasteiger partial charge in [-0.3, -0.25) is 19.9 Å². The molecule has 7 nitrogen and oxygen atoms in total. The number of amides is 1. The third-order valence-corrected chi connectivity index (χ3v) is 4.76. The Balaban J connectivity index is 1.75. The number of nitrogens with zero attached hydrogens (tertiary/aromatic N) is 3. The van der Waals surface area contributed by atoms with Crippen LogP contribution in [0.2, 0.25) is 0 Å². The summed E-state index contributed by atoms with van der Waals surface area (Å²) in [5.74, 6) is -0.483. The first-order valence-electron chi connectivity index (χ1n) is 7.44. The molecule has 0 fully saturated rings. The average Bonchev–Trinajstić information content (AvgIpc) is 3.01. The number of nitro groups is 1. The third-order valence-electron chi connectivity index (χ3n) is 3.56. The van der Waals surface area contributed by atoms with E-state index in [1.165, 1.54) is 29.5 Å². The largest absolute Gasteiger partial charge is 0.347 e. The molecule has 0 aliphatic carbocycles. The molecule has 25 heavy (non-hydrogen) atoms. The first-order chi connectivity index (χ1) is 12.1. The topological polar surface area (TPSA) is 98.0 Å². The fraction of sp³-hybridized carbons (Fsp3) is 0.118. The number of hydrogen-bond donors (Lipinski definition) is 1. The van der Waals surface area contributed by atoms with Crippen molar-refractivity contribution < 1.29 is 9.72 Å². The Morgan fingerprint density at radius 2 is 2.08 bits per heavy atom. The maximum Gasteiger partial charge on any atom is 0.282 e. The first-order valence-corrected chi connectivity index (χ1v) is 8.26. The minimum Gasteiger partial charge on any atom is -0.347 e. The van der Waals surface area contributed by atoms with Crippen molar-refractivity contribution in [1.82, 2.24) is 15.3 Å². The normalized spacial score (nSPS) is 10.4. The lowest BCUT2D eigenvalue weighted by atomic mass is 10.1. The highest BCUT2D eigenvalue weighted by Gasteiger charge is 2.19. The van der Waals surface area contributed by atoms with Crippen LogP contribution in [0.1, 0.15) is 20.9 Å². The molecule has 0 saturated heterocycles. The van der Waals surface area contributed by atoms with E-state index in [1.54, 1.807) is 18.5 Å². The van der Waals surface area contributed by atoms with Crippen molar-refractivity contribution in [2.75, 3.05) is 0 Å². The Morgan fingerprint density at radius 1 is 1.28 bits per heavy atom. The smallest absolute Gasteiger partial charge is 0.282 e. The fourth-order valence-corrected chi connectivity index (χ4v) is 3.28. The van der Waals surface area contributed by atoms with E-state index in [4.69, 9.17) is 0 Å². The zero-order valence-corrected chi connectivity index (χ0v) is 14.1. The fourth-order valence-electron chi connectivity index (χ4n) is 2.29. The number of rotatable bonds is 5. The highest BCUT2D eigenvalue weighted by molar-refractivity contribution is 7.15. The Morgan fingerprint density at radius 3 is 2.80 bits per heavy atom. The SMILES string of the molecule is Cc1nc(-c2cccnc2)sc1CNC(=O)c1ccccc1[N+](=O)[O-]. The minimum atomic E-state index is -0.562. The van der Waals surface area contributed by atoms with E-state index in [0.717, 1.165) is 21.1 Å². The number of carbonyl (C=O) groups excluding carboxylic acids is 1. The van der Waals surface area contributed by atoms with Gasteiger partial charge >= 0.3 is 0 Å². The van der Waals surface area contributed by atoms with Gasteiger partial charge in [0.2, 0.25) is 0 Å². The van der Waals surface area contributed by atoms with Gasteiger partial charge in [0.15, 0.2) is 0 Å². The highest BCUT2D eigenvalue weighted by Crippen LogP contribution is 2.27. The number of para-hydroxylation sites is 1. The molecule has 3 rings (SSSR count). The Labute approximate surface area is 147 Å². The second-order valence-corrected chi connectivity index (χ2v) is 6.31. The van der Waals surface area contributed by atoms with Crippen LogP contribution >= 0.6 is 11.3 Å². The number of thiazole rings is 1. The molecule has 1 aromatic carbocycles. The first kappa shape index (κ1) is 16.7. The quantitative estimate of drug-likeness (QED) is 0.560. The number of nitrogens with one attached hydrogen (secondary N) is 1. The van der Waals surface area contributed by atoms with E-state index in [-0.39, 0.29) is 17.8 Å². The second kappa shape index (κ2) is 7.18. The molecule has 8 heteroatoms. The van der Waals surface area contributed by atoms with Crippen LogP contribution < -0.4 is 5.32 Å². The van der Waals surface area contributed by atoms with E-state index in [9.17, 15) is 14.9 Å². The van der Waals surface area contributed by atoms with Crippen LogP contribution in [-0.4, -0.2) is 20.8 Å². The maximum absolute atomic E-state index is 12.3. The van der Waals surface area contributed by atoms with Gasteiger partial charge in [-0.15, -0.1) is 11.3 Å². The molecule has 0 unspecified atom stereocenters. The van der Waals surface area contributed by atoms with Gasteiger partial charge in [-0.25, -0.2) is 4.98 Å². The van der Waals surface area contributed by atoms with Crippen LogP contribution in [0.5, 0.6) is 0 Å². The van der Waals surface area contributed by atoms with Gasteiger partial charge in [0.1, 0.15) is 10.6 Å². The predicted molar refractivity (Wildman–Crippen MR) is 94.3 cm³/mol. The average molecular weight is 354 g/mol. The van der Waals surface area contributed by atoms with Crippen LogP contribution in [0, 0.1) is 17.0 Å². The molecule has 0 radical (unpaired) electrons. The third kappa shape index (κ3) is 3.69. The second-order valence-electron chi connectivity index (χ2n) is 5.23. The lowest BCUT2D eigenvalue weighted by Gasteiger charge is -2.04. The molecule has 0 bridgehead atoms. The van der Waals surface area contributed by atoms with Crippen molar-refractivity contribution in [2.45, 2.75) is 13.5 Å². The van der Waals surface area contributed by atoms with Gasteiger partial charge in [0.05, 0.1) is 17.2 Å². The number of hydrogen-bond acceptors (Lipinski definition) is 6. The number of benzene rings is 1. The number of nitro benzene ring substituents is 1. The molecule has 0 saturated carbocycles. The van der Waals surface area contributed by atoms with E-state index >= 15 is 0 Å². The molecule has 0 aliphatic heterocycles. The summed E-state index contributed by atoms with van der Waals surface area (Å²) in [5, 5.41) is 14.6. The molecule has 2 aromatic heterocycles. The van der Waals surface area contributed by atoms with Crippen molar-refractivity contribution in [3.05, 3.63) is 75.0 Å². The summed E-state index contributed by atoms with van der Waals surface area (Å²) in [6.07, 6.45) is 3.42. The van der Waals surface area contributed by atoms with Crippen molar-refractivity contribution in [3.63, 3.8) is 0 Å². The van der Waals surface area contributed by atoms with Crippen LogP contribution in [0.25, 0.3) is 10.6 Å². The minimum absolute atomic E-state index is 0.0437. The van der Waals surface area contributed by atoms with E-state index in [0.29, 0.717) is 0 Å². The van der Waals surface area contributed by atoms with Gasteiger partial charge in [0.25, 0.3) is 11.6 Å². The van der Waals surface area contributed by atoms with Gasteiger partial charge in [-0.2, -0.15) is 0 Å². The van der Waals surface area contributed by atoms with Gasteiger partial charge in [-0.1, -0.05) is 12.1 Å². The summed E-state index contributed by atoms with van der Waals surface area (Å²) >= 11 is 1.46. The van der Waals surface area contributed by atoms with Gasteiger partial charge in [-0.05, 0) is 25.1 Å². The molecule has 0 spiro atoms. The standard InChI is InChI=1S/C17H14N4O3S/c1-11-15(25-17(20-11)12-5-4-8-18-9-12)10-19-16(22)13-6-2-3-7-14(13)21(23)24/h2-9H,10H2,1H3,(H,19,22). The van der Waals surface area contributed by atoms with Crippen LogP contribution in [-0.2, 0) is 6.54 Å². The monoisotopic (exact) mass is 354 g/mol. The summed E-state index contributed by atoms with van der Waals surface area (Å²) in [6, 6.07) is 9.63. The molecule has 1 N–H and O–H groups in total. The zero-order valence-electron chi connectivity index (χ0n) is 13.3. The molecule has 0 aliphatic rings. The van der Waals surface area contributed by atoms with E-state index < -0.39 is 10.8 Å². The number of pyridine rings is 1. The molecular formula is C17H14N4O3S. The van der Waals surface area contributed by atoms with Crippen molar-refractivity contribution in [1.29, 1.82) is 0 Å². The Bertz CT molecular complexity index is 925. The van der Waals surface area contributed by atoms with E-state index in [2.05, 4.69) is 15.3 Å². The van der Waals surface area contributed by atoms with Crippen LogP contribution in [0.4, 0.5) is 5.69 Å². The summed E-state index contributed by atoms with van der Waals surface area (Å²) in [7, 11) is 0. The van der Waals surface area contributed by atoms with Crippen LogP contribution in [0.15, 0.2) is 48.8 Å². The van der Waals surface area contributed by atoms with Crippen molar-refractivity contribution >= 4 is 22.9 Å². The van der Waals surface area contributed by atoms with Crippen molar-refractivity contribution in [3.8, 4) is 10.6 Å². The summed E-state index contributed by atoms with van der Waals surface area (Å²) in [6.45, 7) is 2.12. The van der Waals surface area contributed by atoms with E-state index in [1.807, 2.05) is 19.1 Å². The maximum atomic E-state index is 12.3. The van der Waals surface area contributed by atoms with Gasteiger partial charge < -0.3 is 5.32 Å². The predicted octanol–water partition coefficient (Wildman–Crippen LogP) is 3.35. The molecule has 126 valence electrons. The number of aromatic nitrogens is 2. The molecular weight excluding hydrogens is 340 g/mol. The summed E-state index contributed by atoms with van der Waals surface area (Å²) in [5.41, 5.74) is 1.55. The number of aryl methyl sites for hydroxylation is 1. The Kier molecular flexibility index (Phi) is 4.80. The highest BCUT2D eigenvalue weighted by atomic mass is 32.1. The zero-order chi connectivity index (χ0) is 17.8. The molecule has 1 amide bonds. The van der Waals surface area contributed by atoms with Gasteiger partial charge in [0, 0.05) is 28.9 Å². The molecule has 2 heterocycles. The number of carbonyl (C=O) groups is 1.